The molecule has 1 saturated heterocycles. The number of amides is 1. The van der Waals surface area contributed by atoms with Crippen molar-refractivity contribution < 1.29 is 28.7 Å². The van der Waals surface area contributed by atoms with Gasteiger partial charge >= 0.3 is 70.8 Å². The van der Waals surface area contributed by atoms with Gasteiger partial charge in [0.15, 0.2) is 5.79 Å². The fourth-order valence-corrected chi connectivity index (χ4v) is 5.87. The average Bonchev–Trinajstić information content (AvgIpc) is 2.82. The van der Waals surface area contributed by atoms with Gasteiger partial charge in [0.25, 0.3) is 0 Å². The van der Waals surface area contributed by atoms with E-state index in [0.717, 1.165) is 25.7 Å². The first-order valence-electron chi connectivity index (χ1n) is 14.0. The molecule has 1 fully saturated rings. The molecule has 3 aliphatic rings. The van der Waals surface area contributed by atoms with E-state index in [0.29, 0.717) is 30.6 Å². The average molecular weight is 921 g/mol. The van der Waals surface area contributed by atoms with E-state index < -0.39 is 11.2 Å². The predicted molar refractivity (Wildman–Crippen MR) is 180 cm³/mol. The number of esters is 1. The quantitative estimate of drug-likeness (QED) is 0.197. The fourth-order valence-electron chi connectivity index (χ4n) is 5.87. The van der Waals surface area contributed by atoms with E-state index in [1.807, 2.05) is 34.6 Å². The minimum atomic E-state index is -0.713. The van der Waals surface area contributed by atoms with E-state index in [-0.39, 0.29) is 41.0 Å². The molecule has 0 aromatic carbocycles. The number of hydrogen-bond acceptors (Lipinski definition) is 5. The van der Waals surface area contributed by atoms with Gasteiger partial charge in [0.05, 0.1) is 24.0 Å². The molecule has 0 bridgehead atoms. The first-order valence-corrected chi connectivity index (χ1v) is 27.5. The monoisotopic (exact) mass is 921 g/mol. The molecule has 0 spiro atoms. The van der Waals surface area contributed by atoms with Crippen molar-refractivity contribution in [3.8, 4) is 0 Å². The molecule has 224 valence electrons. The van der Waals surface area contributed by atoms with Crippen LogP contribution >= 0.6 is 59.9 Å². The molecule has 1 N–H and O–H groups in total. The van der Waals surface area contributed by atoms with Gasteiger partial charge in [-0.15, -0.1) is 0 Å². The van der Waals surface area contributed by atoms with E-state index >= 15 is 0 Å². The normalized spacial score (nSPS) is 31.9. The van der Waals surface area contributed by atoms with Crippen molar-refractivity contribution in [3.05, 3.63) is 23.8 Å². The maximum atomic E-state index is 13.0. The zero-order valence-corrected chi connectivity index (χ0v) is 32.5. The Morgan fingerprint density at radius 2 is 1.74 bits per heavy atom. The summed E-state index contributed by atoms with van der Waals surface area (Å²) in [6.45, 7) is 14.3. The van der Waals surface area contributed by atoms with E-state index in [1.165, 1.54) is 5.57 Å². The van der Waals surface area contributed by atoms with Crippen LogP contribution in [0.5, 0.6) is 0 Å². The summed E-state index contributed by atoms with van der Waals surface area (Å²) in [6.07, 6.45) is 11.2. The van der Waals surface area contributed by atoms with Crippen molar-refractivity contribution >= 4 is 71.8 Å². The molecular formula is C29H47I3NO5V. The van der Waals surface area contributed by atoms with Gasteiger partial charge in [-0.05, 0) is 76.7 Å². The van der Waals surface area contributed by atoms with Crippen molar-refractivity contribution in [2.75, 3.05) is 7.05 Å². The Morgan fingerprint density at radius 1 is 1.13 bits per heavy atom. The van der Waals surface area contributed by atoms with Crippen LogP contribution in [0, 0.1) is 29.1 Å². The summed E-state index contributed by atoms with van der Waals surface area (Å²) in [7, 11) is 1.66. The Kier molecular flexibility index (Phi) is 15.1. The Hall–Kier alpha value is 1.11. The number of carbonyl (C=O) groups is 2. The molecular weight excluding hydrogens is 874 g/mol. The number of carbonyl (C=O) groups excluding carboxylic acids is 2. The van der Waals surface area contributed by atoms with Gasteiger partial charge in [0.1, 0.15) is 6.10 Å². The zero-order valence-electron chi connectivity index (χ0n) is 24.6. The van der Waals surface area contributed by atoms with Crippen LogP contribution in [0.2, 0.25) is 0 Å². The maximum absolute atomic E-state index is 13.0. The predicted octanol–water partition coefficient (Wildman–Crippen LogP) is 8.22. The topological polar surface area (TPSA) is 73.9 Å². The van der Waals surface area contributed by atoms with Crippen LogP contribution < -0.4 is 5.32 Å². The minimum absolute atomic E-state index is 0.0109. The second-order valence-corrected chi connectivity index (χ2v) is 47.6. The first-order chi connectivity index (χ1) is 18.1. The standard InChI is InChI=1S/C29H47NO5.3HI.V/c1-9-28(4,5)27(32)33-24-15-18(2)14-20-11-10-19(3)23(26(20)24)13-12-21-16-22(17-25(31)30-8)35-29(6,7)34-21;;;;/h10-11,14,18-19,21-24,26H,9,12-13,15-17H2,1-8H3,(H,30,31);3*1H;/q;;;;+3/p-3/t18-,19?,21?,22?,23-,24?,26?;;;;/m0..../s1. The number of hydrogen-bond donors (Lipinski definition) is 1. The third-order valence-electron chi connectivity index (χ3n) is 8.23. The van der Waals surface area contributed by atoms with Crippen molar-refractivity contribution in [1.82, 2.24) is 5.32 Å². The second-order valence-electron chi connectivity index (χ2n) is 12.2. The zero-order chi connectivity index (χ0) is 29.5. The summed E-state index contributed by atoms with van der Waals surface area (Å²) in [4.78, 5) is 24.7. The molecule has 0 aromatic heterocycles. The third kappa shape index (κ3) is 11.6. The van der Waals surface area contributed by atoms with Crippen molar-refractivity contribution in [1.29, 1.82) is 0 Å². The van der Waals surface area contributed by atoms with Crippen LogP contribution in [-0.2, 0) is 28.7 Å². The second kappa shape index (κ2) is 16.3. The Labute approximate surface area is 274 Å². The molecule has 1 heterocycles. The Morgan fingerprint density at radius 3 is 2.33 bits per heavy atom. The van der Waals surface area contributed by atoms with Gasteiger partial charge in [0.2, 0.25) is 5.91 Å². The molecule has 0 aromatic rings. The molecule has 2 aliphatic carbocycles. The molecule has 6 nitrogen and oxygen atoms in total. The number of allylic oxidation sites excluding steroid dienone is 3. The summed E-state index contributed by atoms with van der Waals surface area (Å²) < 4.78 is 18.6. The van der Waals surface area contributed by atoms with E-state index in [4.69, 9.17) is 14.2 Å². The van der Waals surface area contributed by atoms with Crippen LogP contribution in [0.4, 0.5) is 0 Å². The number of fused-ring (bicyclic) bond motifs is 1. The van der Waals surface area contributed by atoms with Crippen molar-refractivity contribution in [2.24, 2.45) is 29.1 Å². The fraction of sp³-hybridized carbons (Fsp3) is 0.793. The molecule has 1 amide bonds. The van der Waals surface area contributed by atoms with Crippen LogP contribution in [0.1, 0.15) is 87.0 Å². The molecule has 3 rings (SSSR count). The Bertz CT molecular complexity index is 891. The molecule has 0 radical (unpaired) electrons. The molecule has 39 heavy (non-hydrogen) atoms. The summed E-state index contributed by atoms with van der Waals surface area (Å²) >= 11 is 7.39. The van der Waals surface area contributed by atoms with Crippen molar-refractivity contribution in [2.45, 2.75) is 111 Å². The van der Waals surface area contributed by atoms with Crippen LogP contribution in [0.15, 0.2) is 23.8 Å². The van der Waals surface area contributed by atoms with Gasteiger partial charge in [-0.1, -0.05) is 39.0 Å². The van der Waals surface area contributed by atoms with Gasteiger partial charge in [-0.3, -0.25) is 9.59 Å². The molecule has 10 heteroatoms. The molecule has 7 atom stereocenters. The number of nitrogens with one attached hydrogen (secondary N) is 1. The van der Waals surface area contributed by atoms with Crippen LogP contribution in [0.3, 0.4) is 0 Å². The number of halogens is 3. The van der Waals surface area contributed by atoms with Gasteiger partial charge in [0, 0.05) is 19.4 Å². The SMILES string of the molecule is CCC(C)(C)C(=O)OC1C[C@@H](C)C=C2C=CC(C)[C@H](CCC3CC(CC(=O)NC)OC(C)(C)O3)C21.[I][V]([I])[I]. The van der Waals surface area contributed by atoms with Crippen LogP contribution in [0.25, 0.3) is 0 Å². The van der Waals surface area contributed by atoms with E-state index in [1.54, 1.807) is 7.05 Å². The van der Waals surface area contributed by atoms with Crippen LogP contribution in [-0.4, -0.2) is 43.0 Å². The number of rotatable bonds is 8. The molecule has 5 unspecified atom stereocenters. The molecule has 1 aliphatic heterocycles. The van der Waals surface area contributed by atoms with E-state index in [9.17, 15) is 9.59 Å². The van der Waals surface area contributed by atoms with Crippen molar-refractivity contribution in [3.63, 3.8) is 0 Å². The van der Waals surface area contributed by atoms with Gasteiger partial charge in [-0.25, -0.2) is 0 Å². The number of ether oxygens (including phenoxy) is 3. The third-order valence-corrected chi connectivity index (χ3v) is 8.23. The summed E-state index contributed by atoms with van der Waals surface area (Å²) in [5.74, 6) is 0.530. The van der Waals surface area contributed by atoms with Gasteiger partial charge in [-0.2, -0.15) is 0 Å². The molecule has 0 saturated carbocycles. The van der Waals surface area contributed by atoms with E-state index in [2.05, 4.69) is 97.3 Å². The van der Waals surface area contributed by atoms with Gasteiger partial charge < -0.3 is 19.5 Å². The summed E-state index contributed by atoms with van der Waals surface area (Å²) in [6, 6.07) is 0. The summed E-state index contributed by atoms with van der Waals surface area (Å²) in [5, 5.41) is 2.70. The first kappa shape index (κ1) is 36.3. The Balaban J connectivity index is 0.00000124. The summed E-state index contributed by atoms with van der Waals surface area (Å²) in [5.41, 5.74) is 0.835.